The summed E-state index contributed by atoms with van der Waals surface area (Å²) in [5.74, 6) is -0.293. The summed E-state index contributed by atoms with van der Waals surface area (Å²) in [5, 5.41) is 0. The van der Waals surface area contributed by atoms with E-state index in [1.165, 1.54) is 7.11 Å². The zero-order valence-corrected chi connectivity index (χ0v) is 8.19. The molecule has 14 heavy (non-hydrogen) atoms. The number of carbonyl (C=O) groups excluding carboxylic acids is 1. The van der Waals surface area contributed by atoms with E-state index in [2.05, 4.69) is 4.74 Å². The molecule has 2 atom stereocenters. The number of aryl methyl sites for hydroxylation is 1. The molecule has 0 amide bonds. The van der Waals surface area contributed by atoms with E-state index in [0.29, 0.717) is 0 Å². The van der Waals surface area contributed by atoms with Crippen LogP contribution in [0.15, 0.2) is 24.3 Å². The molecule has 3 heteroatoms. The van der Waals surface area contributed by atoms with Gasteiger partial charge in [-0.05, 0) is 18.1 Å². The van der Waals surface area contributed by atoms with E-state index in [1.807, 2.05) is 31.2 Å². The molecule has 1 aromatic carbocycles. The molecule has 1 heterocycles. The number of hydrogen-bond donors (Lipinski definition) is 0. The maximum absolute atomic E-state index is 11.1. The molecule has 0 N–H and O–H groups in total. The largest absolute Gasteiger partial charge is 0.467 e. The minimum Gasteiger partial charge on any atom is -0.467 e. The van der Waals surface area contributed by atoms with Crippen LogP contribution in [-0.4, -0.2) is 19.2 Å². The van der Waals surface area contributed by atoms with Crippen LogP contribution in [0.5, 0.6) is 0 Å². The van der Waals surface area contributed by atoms with E-state index in [-0.39, 0.29) is 12.1 Å². The fourth-order valence-corrected chi connectivity index (χ4v) is 1.55. The second-order valence-corrected chi connectivity index (χ2v) is 3.36. The van der Waals surface area contributed by atoms with E-state index in [1.54, 1.807) is 0 Å². The smallest absolute Gasteiger partial charge is 0.338 e. The molecule has 0 spiro atoms. The number of carbonyl (C=O) groups is 1. The lowest BCUT2D eigenvalue weighted by atomic mass is 10.0. The summed E-state index contributed by atoms with van der Waals surface area (Å²) in [4.78, 5) is 11.1. The SMILES string of the molecule is COC(=O)[C@@H]1O[C@H]1c1ccccc1C. The summed E-state index contributed by atoms with van der Waals surface area (Å²) in [6, 6.07) is 7.89. The normalized spacial score (nSPS) is 24.4. The van der Waals surface area contributed by atoms with E-state index >= 15 is 0 Å². The topological polar surface area (TPSA) is 38.8 Å². The van der Waals surface area contributed by atoms with E-state index in [4.69, 9.17) is 4.74 Å². The third-order valence-electron chi connectivity index (χ3n) is 2.42. The van der Waals surface area contributed by atoms with Crippen molar-refractivity contribution < 1.29 is 14.3 Å². The number of benzene rings is 1. The molecule has 0 aliphatic carbocycles. The Hall–Kier alpha value is -1.35. The molecule has 1 aliphatic heterocycles. The highest BCUT2D eigenvalue weighted by Gasteiger charge is 2.47. The number of ether oxygens (including phenoxy) is 2. The molecule has 0 unspecified atom stereocenters. The van der Waals surface area contributed by atoms with Gasteiger partial charge in [0.15, 0.2) is 6.10 Å². The van der Waals surface area contributed by atoms with Crippen LogP contribution in [-0.2, 0) is 14.3 Å². The van der Waals surface area contributed by atoms with Crippen molar-refractivity contribution in [2.75, 3.05) is 7.11 Å². The van der Waals surface area contributed by atoms with Crippen molar-refractivity contribution in [3.8, 4) is 0 Å². The van der Waals surface area contributed by atoms with Crippen LogP contribution in [0.2, 0.25) is 0 Å². The highest BCUT2D eigenvalue weighted by atomic mass is 16.6. The first kappa shape index (κ1) is 9.21. The number of esters is 1. The fraction of sp³-hybridized carbons (Fsp3) is 0.364. The van der Waals surface area contributed by atoms with Gasteiger partial charge >= 0.3 is 5.97 Å². The first-order chi connectivity index (χ1) is 6.74. The van der Waals surface area contributed by atoms with Gasteiger partial charge in [-0.25, -0.2) is 4.79 Å². The Kier molecular flexibility index (Phi) is 2.25. The second kappa shape index (κ2) is 3.42. The van der Waals surface area contributed by atoms with Gasteiger partial charge in [0, 0.05) is 0 Å². The van der Waals surface area contributed by atoms with Gasteiger partial charge in [0.1, 0.15) is 6.10 Å². The third kappa shape index (κ3) is 1.51. The molecule has 3 nitrogen and oxygen atoms in total. The summed E-state index contributed by atoms with van der Waals surface area (Å²) >= 11 is 0. The molecular formula is C11H12O3. The average Bonchev–Trinajstić information content (AvgIpc) is 2.97. The molecule has 1 saturated heterocycles. The summed E-state index contributed by atoms with van der Waals surface area (Å²) in [7, 11) is 1.37. The molecule has 0 aromatic heterocycles. The van der Waals surface area contributed by atoms with Crippen LogP contribution in [0.4, 0.5) is 0 Å². The standard InChI is InChI=1S/C11H12O3/c1-7-5-3-4-6-8(7)9-10(14-9)11(12)13-2/h3-6,9-10H,1-2H3/t9-,10+/m0/s1. The van der Waals surface area contributed by atoms with Crippen LogP contribution in [0, 0.1) is 6.92 Å². The Bertz CT molecular complexity index is 359. The Labute approximate surface area is 82.6 Å². The van der Waals surface area contributed by atoms with Crippen LogP contribution < -0.4 is 0 Å². The zero-order chi connectivity index (χ0) is 10.1. The predicted molar refractivity (Wildman–Crippen MR) is 50.8 cm³/mol. The average molecular weight is 192 g/mol. The van der Waals surface area contributed by atoms with E-state index < -0.39 is 6.10 Å². The van der Waals surface area contributed by atoms with Crippen LogP contribution in [0.3, 0.4) is 0 Å². The van der Waals surface area contributed by atoms with E-state index in [9.17, 15) is 4.79 Å². The lowest BCUT2D eigenvalue weighted by Gasteiger charge is -2.00. The monoisotopic (exact) mass is 192 g/mol. The van der Waals surface area contributed by atoms with Gasteiger partial charge in [-0.15, -0.1) is 0 Å². The van der Waals surface area contributed by atoms with Gasteiger partial charge < -0.3 is 9.47 Å². The number of hydrogen-bond acceptors (Lipinski definition) is 3. The number of epoxide rings is 1. The van der Waals surface area contributed by atoms with E-state index in [0.717, 1.165) is 11.1 Å². The highest BCUT2D eigenvalue weighted by Crippen LogP contribution is 2.40. The molecule has 74 valence electrons. The molecular weight excluding hydrogens is 180 g/mol. The van der Waals surface area contributed by atoms with Gasteiger partial charge in [-0.3, -0.25) is 0 Å². The first-order valence-electron chi connectivity index (χ1n) is 4.53. The van der Waals surface area contributed by atoms with Crippen molar-refractivity contribution in [3.05, 3.63) is 35.4 Å². The van der Waals surface area contributed by atoms with Crippen molar-refractivity contribution in [1.29, 1.82) is 0 Å². The van der Waals surface area contributed by atoms with Gasteiger partial charge in [-0.2, -0.15) is 0 Å². The second-order valence-electron chi connectivity index (χ2n) is 3.36. The maximum Gasteiger partial charge on any atom is 0.338 e. The number of rotatable bonds is 2. The fourth-order valence-electron chi connectivity index (χ4n) is 1.55. The quantitative estimate of drug-likeness (QED) is 0.527. The molecule has 1 fully saturated rings. The van der Waals surface area contributed by atoms with Gasteiger partial charge in [0.2, 0.25) is 0 Å². The summed E-state index contributed by atoms with van der Waals surface area (Å²) in [6.45, 7) is 2.01. The van der Waals surface area contributed by atoms with Crippen molar-refractivity contribution in [2.24, 2.45) is 0 Å². The van der Waals surface area contributed by atoms with Crippen LogP contribution >= 0.6 is 0 Å². The number of methoxy groups -OCH3 is 1. The molecule has 2 rings (SSSR count). The Morgan fingerprint density at radius 2 is 2.14 bits per heavy atom. The van der Waals surface area contributed by atoms with Gasteiger partial charge in [-0.1, -0.05) is 24.3 Å². The van der Waals surface area contributed by atoms with Crippen LogP contribution in [0.1, 0.15) is 17.2 Å². The Balaban J connectivity index is 2.13. The minimum atomic E-state index is -0.402. The molecule has 0 saturated carbocycles. The zero-order valence-electron chi connectivity index (χ0n) is 8.19. The summed E-state index contributed by atoms with van der Waals surface area (Å²) in [6.07, 6.45) is -0.509. The molecule has 0 bridgehead atoms. The maximum atomic E-state index is 11.1. The Morgan fingerprint density at radius 3 is 2.79 bits per heavy atom. The van der Waals surface area contributed by atoms with Crippen molar-refractivity contribution >= 4 is 5.97 Å². The predicted octanol–water partition coefficient (Wildman–Crippen LogP) is 1.61. The van der Waals surface area contributed by atoms with Crippen molar-refractivity contribution in [2.45, 2.75) is 19.1 Å². The molecule has 1 aliphatic rings. The summed E-state index contributed by atoms with van der Waals surface area (Å²) in [5.41, 5.74) is 2.21. The van der Waals surface area contributed by atoms with Crippen molar-refractivity contribution in [1.82, 2.24) is 0 Å². The molecule has 0 radical (unpaired) electrons. The summed E-state index contributed by atoms with van der Waals surface area (Å²) < 4.78 is 9.86. The van der Waals surface area contributed by atoms with Gasteiger partial charge in [0.25, 0.3) is 0 Å². The Morgan fingerprint density at radius 1 is 1.43 bits per heavy atom. The van der Waals surface area contributed by atoms with Crippen molar-refractivity contribution in [3.63, 3.8) is 0 Å². The lowest BCUT2D eigenvalue weighted by molar-refractivity contribution is -0.142. The highest BCUT2D eigenvalue weighted by molar-refractivity contribution is 5.78. The minimum absolute atomic E-state index is 0.108. The van der Waals surface area contributed by atoms with Gasteiger partial charge in [0.05, 0.1) is 7.11 Å². The van der Waals surface area contributed by atoms with Crippen LogP contribution in [0.25, 0.3) is 0 Å². The first-order valence-corrected chi connectivity index (χ1v) is 4.53. The third-order valence-corrected chi connectivity index (χ3v) is 2.42. The lowest BCUT2D eigenvalue weighted by Crippen LogP contribution is -2.09. The molecule has 1 aromatic rings.